The number of hydrogen-bond donors (Lipinski definition) is 2. The maximum Gasteiger partial charge on any atom is 0.229 e. The molecular formula is C21H23N3O3. The molecule has 0 aliphatic carbocycles. The normalized spacial score (nSPS) is 16.3. The Kier molecular flexibility index (Phi) is 5.26. The van der Waals surface area contributed by atoms with E-state index in [1.807, 2.05) is 32.0 Å². The van der Waals surface area contributed by atoms with Gasteiger partial charge in [0, 0.05) is 37.0 Å². The first-order valence-electron chi connectivity index (χ1n) is 8.89. The third-order valence-electron chi connectivity index (χ3n) is 4.61. The molecule has 0 saturated carbocycles. The molecule has 2 aromatic rings. The molecule has 1 atom stereocenters. The Morgan fingerprint density at radius 3 is 2.22 bits per heavy atom. The SMILES string of the molecule is CC(=O)Nc1ccc(NC(=O)[C@@H]2CC(=O)N(c3ccc(C)cc3C)C2)cc1. The summed E-state index contributed by atoms with van der Waals surface area (Å²) < 4.78 is 0. The fourth-order valence-corrected chi connectivity index (χ4v) is 3.31. The second kappa shape index (κ2) is 7.61. The maximum atomic E-state index is 12.6. The van der Waals surface area contributed by atoms with Crippen molar-refractivity contribution in [3.63, 3.8) is 0 Å². The van der Waals surface area contributed by atoms with E-state index in [1.165, 1.54) is 6.92 Å². The molecule has 0 spiro atoms. The van der Waals surface area contributed by atoms with Crippen molar-refractivity contribution in [1.82, 2.24) is 0 Å². The van der Waals surface area contributed by atoms with Gasteiger partial charge in [-0.1, -0.05) is 17.7 Å². The molecule has 6 heteroatoms. The van der Waals surface area contributed by atoms with Crippen LogP contribution in [0.1, 0.15) is 24.5 Å². The van der Waals surface area contributed by atoms with Gasteiger partial charge in [0.25, 0.3) is 0 Å². The Labute approximate surface area is 158 Å². The monoisotopic (exact) mass is 365 g/mol. The number of aryl methyl sites for hydroxylation is 2. The van der Waals surface area contributed by atoms with Crippen molar-refractivity contribution in [1.29, 1.82) is 0 Å². The number of carbonyl (C=O) groups is 3. The van der Waals surface area contributed by atoms with Gasteiger partial charge < -0.3 is 15.5 Å². The van der Waals surface area contributed by atoms with Crippen molar-refractivity contribution in [2.75, 3.05) is 22.1 Å². The number of anilines is 3. The smallest absolute Gasteiger partial charge is 0.229 e. The Balaban J connectivity index is 1.66. The molecule has 1 aliphatic rings. The van der Waals surface area contributed by atoms with E-state index >= 15 is 0 Å². The van der Waals surface area contributed by atoms with Gasteiger partial charge in [-0.25, -0.2) is 0 Å². The summed E-state index contributed by atoms with van der Waals surface area (Å²) in [5.74, 6) is -0.762. The molecule has 3 amide bonds. The number of nitrogens with zero attached hydrogens (tertiary/aromatic N) is 1. The standard InChI is InChI=1S/C21H23N3O3/c1-13-4-9-19(14(2)10-13)24-12-16(11-20(24)26)21(27)23-18-7-5-17(6-8-18)22-15(3)25/h4-10,16H,11-12H2,1-3H3,(H,22,25)(H,23,27)/t16-/m1/s1. The van der Waals surface area contributed by atoms with Gasteiger partial charge in [-0.05, 0) is 49.7 Å². The minimum atomic E-state index is -0.395. The van der Waals surface area contributed by atoms with Crippen LogP contribution in [0.4, 0.5) is 17.1 Å². The van der Waals surface area contributed by atoms with Gasteiger partial charge in [-0.3, -0.25) is 14.4 Å². The number of amides is 3. The van der Waals surface area contributed by atoms with Gasteiger partial charge >= 0.3 is 0 Å². The van der Waals surface area contributed by atoms with E-state index in [1.54, 1.807) is 29.2 Å². The lowest BCUT2D eigenvalue weighted by Crippen LogP contribution is -2.28. The molecule has 0 unspecified atom stereocenters. The molecule has 1 fully saturated rings. The Morgan fingerprint density at radius 2 is 1.63 bits per heavy atom. The van der Waals surface area contributed by atoms with E-state index in [9.17, 15) is 14.4 Å². The van der Waals surface area contributed by atoms with Crippen molar-refractivity contribution >= 4 is 34.8 Å². The van der Waals surface area contributed by atoms with Crippen molar-refractivity contribution in [3.05, 3.63) is 53.6 Å². The zero-order valence-electron chi connectivity index (χ0n) is 15.7. The fraction of sp³-hybridized carbons (Fsp3) is 0.286. The predicted octanol–water partition coefficient (Wildman–Crippen LogP) is 3.25. The van der Waals surface area contributed by atoms with E-state index in [0.29, 0.717) is 17.9 Å². The molecule has 2 aromatic carbocycles. The van der Waals surface area contributed by atoms with Crippen LogP contribution in [0, 0.1) is 19.8 Å². The van der Waals surface area contributed by atoms with Crippen LogP contribution in [-0.2, 0) is 14.4 Å². The highest BCUT2D eigenvalue weighted by atomic mass is 16.2. The van der Waals surface area contributed by atoms with Gasteiger partial charge in [0.05, 0.1) is 5.92 Å². The Hall–Kier alpha value is -3.15. The van der Waals surface area contributed by atoms with Crippen molar-refractivity contribution < 1.29 is 14.4 Å². The van der Waals surface area contributed by atoms with Crippen LogP contribution < -0.4 is 15.5 Å². The summed E-state index contributed by atoms with van der Waals surface area (Å²) in [4.78, 5) is 37.8. The molecular weight excluding hydrogens is 342 g/mol. The predicted molar refractivity (Wildman–Crippen MR) is 106 cm³/mol. The zero-order chi connectivity index (χ0) is 19.6. The van der Waals surface area contributed by atoms with Crippen LogP contribution in [0.2, 0.25) is 0 Å². The second-order valence-electron chi connectivity index (χ2n) is 6.94. The van der Waals surface area contributed by atoms with E-state index in [4.69, 9.17) is 0 Å². The summed E-state index contributed by atoms with van der Waals surface area (Å²) >= 11 is 0. The molecule has 0 bridgehead atoms. The van der Waals surface area contributed by atoms with Gasteiger partial charge in [0.1, 0.15) is 0 Å². The van der Waals surface area contributed by atoms with E-state index in [-0.39, 0.29) is 24.1 Å². The van der Waals surface area contributed by atoms with Crippen LogP contribution in [0.5, 0.6) is 0 Å². The van der Waals surface area contributed by atoms with Crippen molar-refractivity contribution in [2.45, 2.75) is 27.2 Å². The van der Waals surface area contributed by atoms with Crippen molar-refractivity contribution in [2.24, 2.45) is 5.92 Å². The first-order valence-corrected chi connectivity index (χ1v) is 8.89. The number of rotatable bonds is 4. The fourth-order valence-electron chi connectivity index (χ4n) is 3.31. The maximum absolute atomic E-state index is 12.6. The molecule has 1 heterocycles. The molecule has 1 aliphatic heterocycles. The molecule has 2 N–H and O–H groups in total. The minimum absolute atomic E-state index is 0.0388. The first kappa shape index (κ1) is 18.6. The molecule has 1 saturated heterocycles. The summed E-state index contributed by atoms with van der Waals surface area (Å²) in [6, 6.07) is 12.8. The third-order valence-corrected chi connectivity index (χ3v) is 4.61. The summed E-state index contributed by atoms with van der Waals surface area (Å²) in [7, 11) is 0. The quantitative estimate of drug-likeness (QED) is 0.873. The number of hydrogen-bond acceptors (Lipinski definition) is 3. The zero-order valence-corrected chi connectivity index (χ0v) is 15.7. The lowest BCUT2D eigenvalue weighted by Gasteiger charge is -2.19. The summed E-state index contributed by atoms with van der Waals surface area (Å²) in [6.07, 6.45) is 0.198. The van der Waals surface area contributed by atoms with Gasteiger partial charge in [-0.2, -0.15) is 0 Å². The highest BCUT2D eigenvalue weighted by molar-refractivity contribution is 6.04. The highest BCUT2D eigenvalue weighted by Gasteiger charge is 2.35. The second-order valence-corrected chi connectivity index (χ2v) is 6.94. The largest absolute Gasteiger partial charge is 0.326 e. The molecule has 0 radical (unpaired) electrons. The minimum Gasteiger partial charge on any atom is -0.326 e. The van der Waals surface area contributed by atoms with Crippen LogP contribution in [-0.4, -0.2) is 24.3 Å². The van der Waals surface area contributed by atoms with E-state index < -0.39 is 5.92 Å². The summed E-state index contributed by atoms with van der Waals surface area (Å²) in [5, 5.41) is 5.53. The van der Waals surface area contributed by atoms with Crippen LogP contribution >= 0.6 is 0 Å². The number of nitrogens with one attached hydrogen (secondary N) is 2. The van der Waals surface area contributed by atoms with Crippen LogP contribution in [0.25, 0.3) is 0 Å². The van der Waals surface area contributed by atoms with Crippen LogP contribution in [0.15, 0.2) is 42.5 Å². The van der Waals surface area contributed by atoms with Crippen molar-refractivity contribution in [3.8, 4) is 0 Å². The molecule has 3 rings (SSSR count). The number of benzene rings is 2. The molecule has 0 aromatic heterocycles. The lowest BCUT2D eigenvalue weighted by atomic mass is 10.1. The summed E-state index contributed by atoms with van der Waals surface area (Å²) in [5.41, 5.74) is 4.32. The molecule has 27 heavy (non-hydrogen) atoms. The molecule has 140 valence electrons. The van der Waals surface area contributed by atoms with Gasteiger partial charge in [0.2, 0.25) is 17.7 Å². The van der Waals surface area contributed by atoms with Crippen LogP contribution in [0.3, 0.4) is 0 Å². The van der Waals surface area contributed by atoms with Gasteiger partial charge in [0.15, 0.2) is 0 Å². The highest BCUT2D eigenvalue weighted by Crippen LogP contribution is 2.29. The average Bonchev–Trinajstić information content (AvgIpc) is 2.98. The van der Waals surface area contributed by atoms with E-state index in [2.05, 4.69) is 10.6 Å². The number of carbonyl (C=O) groups excluding carboxylic acids is 3. The van der Waals surface area contributed by atoms with Gasteiger partial charge in [-0.15, -0.1) is 0 Å². The topological polar surface area (TPSA) is 78.5 Å². The Morgan fingerprint density at radius 1 is 1.00 bits per heavy atom. The average molecular weight is 365 g/mol. The third kappa shape index (κ3) is 4.34. The lowest BCUT2D eigenvalue weighted by molar-refractivity contribution is -0.122. The molecule has 6 nitrogen and oxygen atoms in total. The van der Waals surface area contributed by atoms with E-state index in [0.717, 1.165) is 16.8 Å². The first-order chi connectivity index (χ1) is 12.8. The summed E-state index contributed by atoms with van der Waals surface area (Å²) in [6.45, 7) is 5.79. The Bertz CT molecular complexity index is 890.